The number of para-hydroxylation sites is 1. The van der Waals surface area contributed by atoms with Crippen molar-refractivity contribution in [3.05, 3.63) is 47.3 Å². The van der Waals surface area contributed by atoms with Crippen molar-refractivity contribution >= 4 is 18.4 Å². The van der Waals surface area contributed by atoms with Crippen LogP contribution >= 0.6 is 12.4 Å². The van der Waals surface area contributed by atoms with Gasteiger partial charge in [-0.3, -0.25) is 0 Å². The number of nitrogens with zero attached hydrogens (tertiary/aromatic N) is 3. The van der Waals surface area contributed by atoms with Crippen molar-refractivity contribution in [2.24, 2.45) is 0 Å². The zero-order valence-corrected chi connectivity index (χ0v) is 18.4. The van der Waals surface area contributed by atoms with E-state index in [9.17, 15) is 9.90 Å². The molecule has 1 unspecified atom stereocenters. The van der Waals surface area contributed by atoms with Crippen LogP contribution in [0.1, 0.15) is 50.6 Å². The fraction of sp³-hybridized carbons (Fsp3) is 0.545. The normalized spacial score (nSPS) is 15.3. The molecule has 0 saturated heterocycles. The number of hydrogen-bond acceptors (Lipinski definition) is 5. The molecule has 6 nitrogen and oxygen atoms in total. The Morgan fingerprint density at radius 1 is 1.21 bits per heavy atom. The van der Waals surface area contributed by atoms with E-state index in [1.807, 2.05) is 35.0 Å². The fourth-order valence-corrected chi connectivity index (χ4v) is 3.82. The first-order valence-corrected chi connectivity index (χ1v) is 10.3. The second-order valence-electron chi connectivity index (χ2n) is 7.46. The van der Waals surface area contributed by atoms with Crippen LogP contribution in [0.5, 0.6) is 0 Å². The molecule has 0 radical (unpaired) electrons. The number of likely N-dealkylation sites (N-methyl/N-ethyl adjacent to an activating group) is 1. The number of hydrogen-bond donors (Lipinski definition) is 1. The summed E-state index contributed by atoms with van der Waals surface area (Å²) in [5, 5.41) is 15.8. The van der Waals surface area contributed by atoms with Crippen molar-refractivity contribution in [2.75, 3.05) is 26.2 Å². The predicted molar refractivity (Wildman–Crippen MR) is 116 cm³/mol. The molecule has 1 N–H and O–H groups in total. The molecule has 0 spiro atoms. The Labute approximate surface area is 179 Å². The lowest BCUT2D eigenvalue weighted by Gasteiger charge is -2.23. The fourth-order valence-electron chi connectivity index (χ4n) is 3.82. The topological polar surface area (TPSA) is 67.6 Å². The maximum Gasteiger partial charge on any atom is 0.344 e. The van der Waals surface area contributed by atoms with Crippen molar-refractivity contribution in [3.8, 4) is 5.69 Å². The number of ether oxygens (including phenoxy) is 1. The molecule has 0 saturated carbocycles. The molecule has 1 atom stereocenters. The van der Waals surface area contributed by atoms with Crippen LogP contribution in [0.2, 0.25) is 0 Å². The molecule has 29 heavy (non-hydrogen) atoms. The van der Waals surface area contributed by atoms with Gasteiger partial charge in [-0.15, -0.1) is 12.4 Å². The van der Waals surface area contributed by atoms with Gasteiger partial charge < -0.3 is 14.7 Å². The van der Waals surface area contributed by atoms with Gasteiger partial charge in [0.25, 0.3) is 0 Å². The molecule has 1 aliphatic carbocycles. The van der Waals surface area contributed by atoms with E-state index in [0.717, 1.165) is 55.7 Å². The number of halogens is 1. The molecule has 1 aliphatic rings. The highest BCUT2D eigenvalue weighted by atomic mass is 35.5. The number of fused-ring (bicyclic) bond motifs is 1. The van der Waals surface area contributed by atoms with E-state index in [-0.39, 0.29) is 19.0 Å². The Morgan fingerprint density at radius 3 is 2.52 bits per heavy atom. The Morgan fingerprint density at radius 2 is 1.86 bits per heavy atom. The summed E-state index contributed by atoms with van der Waals surface area (Å²) in [5.74, 6) is -0.634. The summed E-state index contributed by atoms with van der Waals surface area (Å²) in [6, 6.07) is 9.87. The molecule has 0 bridgehead atoms. The lowest BCUT2D eigenvalue weighted by atomic mass is 9.89. The third-order valence-corrected chi connectivity index (χ3v) is 5.57. The average Bonchev–Trinajstić information content (AvgIpc) is 3.12. The van der Waals surface area contributed by atoms with Crippen LogP contribution in [0.25, 0.3) is 5.69 Å². The maximum absolute atomic E-state index is 12.7. The molecular weight excluding hydrogens is 390 g/mol. The van der Waals surface area contributed by atoms with Crippen LogP contribution in [0.3, 0.4) is 0 Å². The van der Waals surface area contributed by atoms with Gasteiger partial charge in [0.05, 0.1) is 5.69 Å². The predicted octanol–water partition coefficient (Wildman–Crippen LogP) is 3.27. The molecule has 3 rings (SSSR count). The third-order valence-electron chi connectivity index (χ3n) is 5.57. The summed E-state index contributed by atoms with van der Waals surface area (Å²) in [4.78, 5) is 14.9. The molecule has 1 aromatic heterocycles. The van der Waals surface area contributed by atoms with Crippen molar-refractivity contribution in [2.45, 2.75) is 52.1 Å². The summed E-state index contributed by atoms with van der Waals surface area (Å²) in [5.41, 5.74) is 1.69. The maximum atomic E-state index is 12.7. The number of esters is 1. The molecule has 0 aliphatic heterocycles. The third kappa shape index (κ3) is 5.00. The minimum absolute atomic E-state index is 0. The van der Waals surface area contributed by atoms with Gasteiger partial charge >= 0.3 is 5.97 Å². The van der Waals surface area contributed by atoms with Crippen LogP contribution in [-0.2, 0) is 28.0 Å². The smallest absolute Gasteiger partial charge is 0.344 e. The minimum atomic E-state index is -1.76. The van der Waals surface area contributed by atoms with Gasteiger partial charge in [-0.05, 0) is 57.8 Å². The summed E-state index contributed by atoms with van der Waals surface area (Å²) in [6.07, 6.45) is 3.83. The summed E-state index contributed by atoms with van der Waals surface area (Å²) >= 11 is 0. The van der Waals surface area contributed by atoms with Crippen LogP contribution in [-0.4, -0.2) is 52.0 Å². The lowest BCUT2D eigenvalue weighted by Crippen LogP contribution is -2.37. The lowest BCUT2D eigenvalue weighted by molar-refractivity contribution is -0.165. The van der Waals surface area contributed by atoms with Crippen molar-refractivity contribution in [1.82, 2.24) is 14.7 Å². The summed E-state index contributed by atoms with van der Waals surface area (Å²) < 4.78 is 7.30. The SMILES string of the molecule is CCN(CC)CCOC(=O)C(C)(O)c1nn(-c2ccccc2)c2c1CCCC2.Cl. The van der Waals surface area contributed by atoms with E-state index in [1.54, 1.807) is 0 Å². The van der Waals surface area contributed by atoms with Crippen LogP contribution in [0.15, 0.2) is 30.3 Å². The van der Waals surface area contributed by atoms with Crippen LogP contribution < -0.4 is 0 Å². The van der Waals surface area contributed by atoms with Crippen molar-refractivity contribution in [1.29, 1.82) is 0 Å². The van der Waals surface area contributed by atoms with Gasteiger partial charge in [-0.25, -0.2) is 9.48 Å². The largest absolute Gasteiger partial charge is 0.462 e. The molecule has 0 amide bonds. The first kappa shape index (κ1) is 23.4. The van der Waals surface area contributed by atoms with E-state index >= 15 is 0 Å². The number of benzene rings is 1. The number of rotatable bonds is 8. The highest BCUT2D eigenvalue weighted by Crippen LogP contribution is 2.33. The Balaban J connectivity index is 0.00000300. The van der Waals surface area contributed by atoms with Gasteiger partial charge in [-0.1, -0.05) is 32.0 Å². The summed E-state index contributed by atoms with van der Waals surface area (Å²) in [7, 11) is 0. The first-order valence-electron chi connectivity index (χ1n) is 10.3. The van der Waals surface area contributed by atoms with Crippen molar-refractivity contribution in [3.63, 3.8) is 0 Å². The monoisotopic (exact) mass is 421 g/mol. The van der Waals surface area contributed by atoms with Gasteiger partial charge in [0.2, 0.25) is 5.60 Å². The minimum Gasteiger partial charge on any atom is -0.462 e. The second kappa shape index (κ2) is 10.2. The van der Waals surface area contributed by atoms with Gasteiger partial charge in [0.1, 0.15) is 12.3 Å². The van der Waals surface area contributed by atoms with E-state index < -0.39 is 11.6 Å². The Hall–Kier alpha value is -1.89. The first-order chi connectivity index (χ1) is 13.5. The van der Waals surface area contributed by atoms with Crippen molar-refractivity contribution < 1.29 is 14.6 Å². The van der Waals surface area contributed by atoms with E-state index in [2.05, 4.69) is 23.8 Å². The van der Waals surface area contributed by atoms with E-state index in [4.69, 9.17) is 4.74 Å². The van der Waals surface area contributed by atoms with Crippen LogP contribution in [0, 0.1) is 0 Å². The molecule has 7 heteroatoms. The second-order valence-corrected chi connectivity index (χ2v) is 7.46. The highest BCUT2D eigenvalue weighted by molar-refractivity contribution is 5.85. The van der Waals surface area contributed by atoms with Gasteiger partial charge in [-0.2, -0.15) is 5.10 Å². The Bertz CT molecular complexity index is 801. The van der Waals surface area contributed by atoms with Gasteiger partial charge in [0, 0.05) is 17.8 Å². The van der Waals surface area contributed by atoms with Crippen LogP contribution in [0.4, 0.5) is 0 Å². The number of aromatic nitrogens is 2. The quantitative estimate of drug-likeness (QED) is 0.662. The zero-order valence-electron chi connectivity index (χ0n) is 17.6. The molecule has 2 aromatic rings. The molecule has 1 heterocycles. The molecular formula is C22H32ClN3O3. The van der Waals surface area contributed by atoms with E-state index in [1.165, 1.54) is 6.92 Å². The standard InChI is InChI=1S/C22H31N3O3.ClH/c1-4-24(5-2)15-16-28-21(26)22(3,27)20-18-13-9-10-14-19(18)25(23-20)17-11-7-6-8-12-17;/h6-8,11-12,27H,4-5,9-10,13-16H2,1-3H3;1H. The van der Waals surface area contributed by atoms with E-state index in [0.29, 0.717) is 12.2 Å². The van der Waals surface area contributed by atoms with Gasteiger partial charge in [0.15, 0.2) is 0 Å². The number of carbonyl (C=O) groups is 1. The molecule has 160 valence electrons. The zero-order chi connectivity index (χ0) is 20.1. The average molecular weight is 422 g/mol. The molecule has 1 aromatic carbocycles. The Kier molecular flexibility index (Phi) is 8.25. The molecule has 0 fully saturated rings. The number of aliphatic hydroxyl groups is 1. The summed E-state index contributed by atoms with van der Waals surface area (Å²) in [6.45, 7) is 8.37. The number of carbonyl (C=O) groups excluding carboxylic acids is 1. The highest BCUT2D eigenvalue weighted by Gasteiger charge is 2.41.